The highest BCUT2D eigenvalue weighted by Crippen LogP contribution is 2.32. The van der Waals surface area contributed by atoms with Crippen molar-refractivity contribution in [3.05, 3.63) is 70.1 Å². The fraction of sp³-hybridized carbons (Fsp3) is 0.318. The van der Waals surface area contributed by atoms with Crippen molar-refractivity contribution in [3.8, 4) is 0 Å². The number of aromatic nitrogens is 1. The first-order chi connectivity index (χ1) is 13.3. The molecule has 1 aromatic heterocycles. The molecular formula is C22H24ClN3O2. The van der Waals surface area contributed by atoms with Crippen molar-refractivity contribution in [3.63, 3.8) is 0 Å². The Bertz CT molecular complexity index is 942. The second kappa shape index (κ2) is 7.76. The first-order valence-electron chi connectivity index (χ1n) is 9.24. The van der Waals surface area contributed by atoms with E-state index in [-0.39, 0.29) is 17.5 Å². The van der Waals surface area contributed by atoms with Crippen molar-refractivity contribution < 1.29 is 9.59 Å². The molecule has 1 unspecified atom stereocenters. The Kier molecular flexibility index (Phi) is 5.57. The minimum atomic E-state index is -0.960. The molecule has 0 radical (unpaired) electrons. The maximum Gasteiger partial charge on any atom is 0.271 e. The van der Waals surface area contributed by atoms with E-state index in [0.29, 0.717) is 17.1 Å². The minimum Gasteiger partial charge on any atom is -0.326 e. The lowest BCUT2D eigenvalue weighted by Gasteiger charge is -2.45. The Morgan fingerprint density at radius 2 is 1.82 bits per heavy atom. The lowest BCUT2D eigenvalue weighted by molar-refractivity contribution is -0.155. The van der Waals surface area contributed by atoms with Gasteiger partial charge in [-0.3, -0.25) is 9.59 Å². The third-order valence-corrected chi connectivity index (χ3v) is 5.72. The number of likely N-dealkylation sites (N-methyl/N-ethyl adjacent to an activating group) is 2. The summed E-state index contributed by atoms with van der Waals surface area (Å²) in [4.78, 5) is 33.6. The van der Waals surface area contributed by atoms with Crippen molar-refractivity contribution in [1.82, 2.24) is 14.8 Å². The standard InChI is InChI=1S/C22H24ClN3O2/c1-5-15-11-17(19(23)24-14-15)12-18-20(27)26(4)22(2,21(28)25(18)3)13-16-9-7-6-8-10-16/h6-12,14H,5,13H2,1-4H3/b18-12-. The van der Waals surface area contributed by atoms with Crippen LogP contribution in [0.1, 0.15) is 30.5 Å². The number of hydrogen-bond donors (Lipinski definition) is 0. The summed E-state index contributed by atoms with van der Waals surface area (Å²) in [6.07, 6.45) is 4.61. The van der Waals surface area contributed by atoms with Crippen LogP contribution in [0.25, 0.3) is 6.08 Å². The molecule has 2 heterocycles. The van der Waals surface area contributed by atoms with Crippen molar-refractivity contribution in [1.29, 1.82) is 0 Å². The number of aryl methyl sites for hydroxylation is 1. The van der Waals surface area contributed by atoms with Gasteiger partial charge in [0.2, 0.25) is 0 Å². The molecule has 1 saturated heterocycles. The zero-order chi connectivity index (χ0) is 20.5. The number of rotatable bonds is 4. The maximum atomic E-state index is 13.3. The quantitative estimate of drug-likeness (QED) is 0.585. The lowest BCUT2D eigenvalue weighted by atomic mass is 9.87. The van der Waals surface area contributed by atoms with Crippen LogP contribution in [-0.4, -0.2) is 46.2 Å². The Labute approximate surface area is 170 Å². The molecular weight excluding hydrogens is 374 g/mol. The van der Waals surface area contributed by atoms with E-state index in [1.807, 2.05) is 43.3 Å². The van der Waals surface area contributed by atoms with Crippen molar-refractivity contribution in [2.75, 3.05) is 14.1 Å². The Morgan fingerprint density at radius 3 is 2.46 bits per heavy atom. The summed E-state index contributed by atoms with van der Waals surface area (Å²) < 4.78 is 0. The summed E-state index contributed by atoms with van der Waals surface area (Å²) in [5, 5.41) is 0.304. The summed E-state index contributed by atoms with van der Waals surface area (Å²) in [6.45, 7) is 3.83. The molecule has 1 aliphatic rings. The summed E-state index contributed by atoms with van der Waals surface area (Å²) in [5.74, 6) is -0.362. The number of pyridine rings is 1. The number of benzene rings is 1. The number of carbonyl (C=O) groups excluding carboxylic acids is 2. The second-order valence-electron chi connectivity index (χ2n) is 7.27. The molecule has 3 rings (SSSR count). The van der Waals surface area contributed by atoms with Gasteiger partial charge in [0.15, 0.2) is 0 Å². The second-order valence-corrected chi connectivity index (χ2v) is 7.63. The van der Waals surface area contributed by atoms with Gasteiger partial charge in [-0.1, -0.05) is 48.9 Å². The molecule has 1 fully saturated rings. The van der Waals surface area contributed by atoms with Gasteiger partial charge in [0.1, 0.15) is 16.4 Å². The molecule has 146 valence electrons. The van der Waals surface area contributed by atoms with Crippen molar-refractivity contribution in [2.45, 2.75) is 32.2 Å². The molecule has 1 atom stereocenters. The fourth-order valence-corrected chi connectivity index (χ4v) is 3.61. The van der Waals surface area contributed by atoms with Crippen LogP contribution < -0.4 is 0 Å². The average molecular weight is 398 g/mol. The van der Waals surface area contributed by atoms with Gasteiger partial charge in [0.25, 0.3) is 11.8 Å². The van der Waals surface area contributed by atoms with Gasteiger partial charge < -0.3 is 9.80 Å². The predicted molar refractivity (Wildman–Crippen MR) is 111 cm³/mol. The summed E-state index contributed by atoms with van der Waals surface area (Å²) in [6, 6.07) is 11.6. The average Bonchev–Trinajstić information content (AvgIpc) is 2.70. The number of piperazine rings is 1. The Hall–Kier alpha value is -2.66. The molecule has 0 bridgehead atoms. The van der Waals surface area contributed by atoms with E-state index in [9.17, 15) is 9.59 Å². The molecule has 0 saturated carbocycles. The highest BCUT2D eigenvalue weighted by Gasteiger charge is 2.48. The van der Waals surface area contributed by atoms with Crippen LogP contribution in [0.15, 0.2) is 48.3 Å². The summed E-state index contributed by atoms with van der Waals surface area (Å²) in [5.41, 5.74) is 1.97. The Balaban J connectivity index is 1.99. The number of carbonyl (C=O) groups is 2. The number of hydrogen-bond acceptors (Lipinski definition) is 3. The van der Waals surface area contributed by atoms with E-state index in [1.165, 1.54) is 9.80 Å². The molecule has 0 N–H and O–H groups in total. The van der Waals surface area contributed by atoms with Crippen LogP contribution in [0.5, 0.6) is 0 Å². The first kappa shape index (κ1) is 20.1. The minimum absolute atomic E-state index is 0.138. The van der Waals surface area contributed by atoms with E-state index < -0.39 is 5.54 Å². The van der Waals surface area contributed by atoms with Crippen LogP contribution in [0.4, 0.5) is 0 Å². The summed E-state index contributed by atoms with van der Waals surface area (Å²) in [7, 11) is 3.31. The molecule has 1 aliphatic heterocycles. The maximum absolute atomic E-state index is 13.3. The van der Waals surface area contributed by atoms with E-state index in [4.69, 9.17) is 11.6 Å². The largest absolute Gasteiger partial charge is 0.326 e. The van der Waals surface area contributed by atoms with E-state index >= 15 is 0 Å². The van der Waals surface area contributed by atoms with Gasteiger partial charge in [-0.25, -0.2) is 4.98 Å². The zero-order valence-electron chi connectivity index (χ0n) is 16.6. The molecule has 2 amide bonds. The van der Waals surface area contributed by atoms with E-state index in [1.54, 1.807) is 33.3 Å². The normalized spacial score (nSPS) is 21.5. The highest BCUT2D eigenvalue weighted by molar-refractivity contribution is 6.31. The van der Waals surface area contributed by atoms with E-state index in [0.717, 1.165) is 17.5 Å². The molecule has 0 spiro atoms. The van der Waals surface area contributed by atoms with Crippen molar-refractivity contribution in [2.24, 2.45) is 0 Å². The number of nitrogens with zero attached hydrogens (tertiary/aromatic N) is 3. The van der Waals surface area contributed by atoms with E-state index in [2.05, 4.69) is 4.98 Å². The molecule has 2 aromatic rings. The smallest absolute Gasteiger partial charge is 0.271 e. The fourth-order valence-electron chi connectivity index (χ4n) is 3.45. The molecule has 6 heteroatoms. The van der Waals surface area contributed by atoms with Gasteiger partial charge in [0, 0.05) is 32.3 Å². The van der Waals surface area contributed by atoms with Gasteiger partial charge >= 0.3 is 0 Å². The monoisotopic (exact) mass is 397 g/mol. The van der Waals surface area contributed by atoms with Gasteiger partial charge in [-0.2, -0.15) is 0 Å². The van der Waals surface area contributed by atoms with Gasteiger partial charge in [-0.15, -0.1) is 0 Å². The number of halogens is 1. The van der Waals surface area contributed by atoms with Crippen LogP contribution in [-0.2, 0) is 22.4 Å². The topological polar surface area (TPSA) is 53.5 Å². The highest BCUT2D eigenvalue weighted by atomic mass is 35.5. The van der Waals surface area contributed by atoms with Gasteiger partial charge in [-0.05, 0) is 36.6 Å². The number of amides is 2. The molecule has 1 aromatic carbocycles. The van der Waals surface area contributed by atoms with Crippen molar-refractivity contribution >= 4 is 29.5 Å². The third-order valence-electron chi connectivity index (χ3n) is 5.41. The van der Waals surface area contributed by atoms with Gasteiger partial charge in [0.05, 0.1) is 0 Å². The SMILES string of the molecule is CCc1cnc(Cl)c(/C=C2/C(=O)N(C)C(C)(Cc3ccccc3)C(=O)N2C)c1. The predicted octanol–water partition coefficient (Wildman–Crippen LogP) is 3.57. The third kappa shape index (κ3) is 3.54. The lowest BCUT2D eigenvalue weighted by Crippen LogP contribution is -2.64. The van der Waals surface area contributed by atoms with Crippen LogP contribution in [0.2, 0.25) is 5.15 Å². The van der Waals surface area contributed by atoms with Crippen LogP contribution in [0, 0.1) is 0 Å². The molecule has 28 heavy (non-hydrogen) atoms. The zero-order valence-corrected chi connectivity index (χ0v) is 17.3. The van der Waals surface area contributed by atoms with Crippen LogP contribution >= 0.6 is 11.6 Å². The first-order valence-corrected chi connectivity index (χ1v) is 9.62. The molecule has 0 aliphatic carbocycles. The Morgan fingerprint density at radius 1 is 1.14 bits per heavy atom. The molecule has 5 nitrogen and oxygen atoms in total. The van der Waals surface area contributed by atoms with Crippen LogP contribution in [0.3, 0.4) is 0 Å². The summed E-state index contributed by atoms with van der Waals surface area (Å²) >= 11 is 6.22.